The van der Waals surface area contributed by atoms with Gasteiger partial charge in [-0.15, -0.1) is 0 Å². The Morgan fingerprint density at radius 2 is 1.93 bits per heavy atom. The van der Waals surface area contributed by atoms with E-state index in [1.807, 2.05) is 18.2 Å². The second-order valence-electron chi connectivity index (χ2n) is 11.0. The van der Waals surface area contributed by atoms with Crippen LogP contribution in [0.15, 0.2) is 30.5 Å². The van der Waals surface area contributed by atoms with Gasteiger partial charge in [-0.05, 0) is 68.2 Å². The van der Waals surface area contributed by atoms with Crippen LogP contribution in [-0.2, 0) is 4.79 Å². The molecule has 2 aromatic heterocycles. The summed E-state index contributed by atoms with van der Waals surface area (Å²) in [5, 5.41) is 13.5. The van der Waals surface area contributed by atoms with Gasteiger partial charge >= 0.3 is 0 Å². The Bertz CT molecular complexity index is 1400. The monoisotopic (exact) mass is 546 g/mol. The van der Waals surface area contributed by atoms with E-state index in [1.165, 1.54) is 20.0 Å². The maximum absolute atomic E-state index is 13.5. The zero-order valence-corrected chi connectivity index (χ0v) is 23.5. The first-order chi connectivity index (χ1) is 19.4. The molecule has 1 aromatic carbocycles. The lowest BCUT2D eigenvalue weighted by atomic mass is 9.84. The van der Waals surface area contributed by atoms with Crippen LogP contribution < -0.4 is 15.4 Å². The highest BCUT2D eigenvalue weighted by Crippen LogP contribution is 2.33. The maximum Gasteiger partial charge on any atom is 0.272 e. The molecule has 2 heterocycles. The Hall–Kier alpha value is -3.95. The number of carbonyl (C=O) groups is 3. The molecule has 2 aliphatic carbocycles. The second-order valence-corrected chi connectivity index (χ2v) is 11.0. The SMILES string of the molecule is CCCN(CC1CC1)C(=O)C1CCCC(NC(=O)c2cc(-c3ccc4c(C(=O)NC)n[nH]c4c3)cnc2OC)C1. The van der Waals surface area contributed by atoms with Crippen LogP contribution in [0.25, 0.3) is 22.0 Å². The molecule has 2 atom stereocenters. The molecule has 10 heteroatoms. The topological polar surface area (TPSA) is 129 Å². The highest BCUT2D eigenvalue weighted by molar-refractivity contribution is 6.05. The van der Waals surface area contributed by atoms with Crippen LogP contribution in [0.4, 0.5) is 0 Å². The lowest BCUT2D eigenvalue weighted by Crippen LogP contribution is -2.44. The van der Waals surface area contributed by atoms with E-state index in [1.54, 1.807) is 19.3 Å². The number of nitrogens with one attached hydrogen (secondary N) is 3. The Kier molecular flexibility index (Phi) is 8.32. The second kappa shape index (κ2) is 12.1. The number of nitrogens with zero attached hydrogens (tertiary/aromatic N) is 3. The fraction of sp³-hybridized carbons (Fsp3) is 0.500. The van der Waals surface area contributed by atoms with Gasteiger partial charge in [-0.25, -0.2) is 4.98 Å². The standard InChI is InChI=1S/C30H38N6O4/c1-4-12-36(17-18-8-9-18)30(39)20-6-5-7-22(13-20)33-27(37)24-14-21(16-32-29(24)40-3)19-10-11-23-25(15-19)34-35-26(23)28(38)31-2/h10-11,14-16,18,20,22H,4-9,12-13,17H2,1-3H3,(H,31,38)(H,33,37)(H,34,35). The van der Waals surface area contributed by atoms with Crippen LogP contribution in [0, 0.1) is 11.8 Å². The van der Waals surface area contributed by atoms with Crippen LogP contribution in [0.2, 0.25) is 0 Å². The first kappa shape index (κ1) is 27.6. The Morgan fingerprint density at radius 1 is 1.10 bits per heavy atom. The number of amides is 3. The molecule has 2 fully saturated rings. The normalized spacial score (nSPS) is 18.8. The van der Waals surface area contributed by atoms with Crippen molar-refractivity contribution in [3.05, 3.63) is 41.7 Å². The first-order valence-corrected chi connectivity index (χ1v) is 14.3. The molecule has 5 rings (SSSR count). The van der Waals surface area contributed by atoms with E-state index in [9.17, 15) is 14.4 Å². The van der Waals surface area contributed by atoms with Gasteiger partial charge in [-0.3, -0.25) is 19.5 Å². The number of rotatable bonds is 10. The van der Waals surface area contributed by atoms with E-state index in [2.05, 4.69) is 37.6 Å². The molecule has 2 aliphatic rings. The van der Waals surface area contributed by atoms with Gasteiger partial charge in [0.2, 0.25) is 11.8 Å². The van der Waals surface area contributed by atoms with Crippen molar-refractivity contribution in [1.82, 2.24) is 30.7 Å². The summed E-state index contributed by atoms with van der Waals surface area (Å²) in [7, 11) is 3.06. The van der Waals surface area contributed by atoms with Crippen molar-refractivity contribution >= 4 is 28.6 Å². The predicted molar refractivity (Wildman–Crippen MR) is 152 cm³/mol. The van der Waals surface area contributed by atoms with Crippen molar-refractivity contribution < 1.29 is 19.1 Å². The number of aromatic amines is 1. The van der Waals surface area contributed by atoms with E-state index < -0.39 is 0 Å². The predicted octanol–water partition coefficient (Wildman–Crippen LogP) is 3.93. The molecule has 2 saturated carbocycles. The number of methoxy groups -OCH3 is 1. The smallest absolute Gasteiger partial charge is 0.272 e. The summed E-state index contributed by atoms with van der Waals surface area (Å²) in [4.78, 5) is 45.4. The minimum Gasteiger partial charge on any atom is -0.480 e. The Labute approximate surface area is 234 Å². The molecule has 3 N–H and O–H groups in total. The molecule has 3 aromatic rings. The lowest BCUT2D eigenvalue weighted by Gasteiger charge is -2.33. The van der Waals surface area contributed by atoms with Crippen LogP contribution >= 0.6 is 0 Å². The van der Waals surface area contributed by atoms with Crippen molar-refractivity contribution in [2.24, 2.45) is 11.8 Å². The number of fused-ring (bicyclic) bond motifs is 1. The summed E-state index contributed by atoms with van der Waals surface area (Å²) in [6.07, 6.45) is 8.32. The van der Waals surface area contributed by atoms with Gasteiger partial charge in [-0.2, -0.15) is 5.10 Å². The molecular formula is C30H38N6O4. The molecule has 0 spiro atoms. The number of aromatic nitrogens is 3. The molecule has 0 saturated heterocycles. The fourth-order valence-corrected chi connectivity index (χ4v) is 5.67. The maximum atomic E-state index is 13.5. The molecule has 10 nitrogen and oxygen atoms in total. The van der Waals surface area contributed by atoms with Crippen LogP contribution in [0.3, 0.4) is 0 Å². The van der Waals surface area contributed by atoms with Gasteiger partial charge in [0.1, 0.15) is 5.56 Å². The van der Waals surface area contributed by atoms with Gasteiger partial charge in [0.25, 0.3) is 11.8 Å². The summed E-state index contributed by atoms with van der Waals surface area (Å²) in [6.45, 7) is 3.78. The third-order valence-electron chi connectivity index (χ3n) is 7.97. The van der Waals surface area contributed by atoms with Gasteiger partial charge in [-0.1, -0.05) is 19.4 Å². The molecule has 40 heavy (non-hydrogen) atoms. The summed E-state index contributed by atoms with van der Waals surface area (Å²) < 4.78 is 5.43. The molecule has 0 aliphatic heterocycles. The minimum atomic E-state index is -0.267. The van der Waals surface area contributed by atoms with Gasteiger partial charge in [0, 0.05) is 49.2 Å². The third kappa shape index (κ3) is 5.95. The zero-order valence-electron chi connectivity index (χ0n) is 23.5. The van der Waals surface area contributed by atoms with Gasteiger partial charge in [0.15, 0.2) is 5.69 Å². The highest BCUT2D eigenvalue weighted by atomic mass is 16.5. The summed E-state index contributed by atoms with van der Waals surface area (Å²) in [6, 6.07) is 7.25. The highest BCUT2D eigenvalue weighted by Gasteiger charge is 2.34. The van der Waals surface area contributed by atoms with Crippen LogP contribution in [0.1, 0.15) is 72.7 Å². The molecule has 0 radical (unpaired) electrons. The number of benzene rings is 1. The number of hydrogen-bond acceptors (Lipinski definition) is 6. The fourth-order valence-electron chi connectivity index (χ4n) is 5.67. The average Bonchev–Trinajstić information content (AvgIpc) is 3.71. The minimum absolute atomic E-state index is 0.0588. The van der Waals surface area contributed by atoms with Crippen molar-refractivity contribution in [3.63, 3.8) is 0 Å². The summed E-state index contributed by atoms with van der Waals surface area (Å²) >= 11 is 0. The van der Waals surface area contributed by atoms with E-state index >= 15 is 0 Å². The van der Waals surface area contributed by atoms with Crippen molar-refractivity contribution in [2.45, 2.75) is 57.9 Å². The van der Waals surface area contributed by atoms with Crippen molar-refractivity contribution in [2.75, 3.05) is 27.2 Å². The zero-order chi connectivity index (χ0) is 28.2. The van der Waals surface area contributed by atoms with Gasteiger partial charge in [0.05, 0.1) is 12.6 Å². The van der Waals surface area contributed by atoms with E-state index in [-0.39, 0.29) is 35.6 Å². The summed E-state index contributed by atoms with van der Waals surface area (Å²) in [5.74, 6) is 0.551. The first-order valence-electron chi connectivity index (χ1n) is 14.3. The number of pyridine rings is 1. The lowest BCUT2D eigenvalue weighted by molar-refractivity contribution is -0.137. The summed E-state index contributed by atoms with van der Waals surface area (Å²) in [5.41, 5.74) is 2.92. The number of ether oxygens (including phenoxy) is 1. The number of hydrogen-bond donors (Lipinski definition) is 3. The van der Waals surface area contributed by atoms with Crippen LogP contribution in [-0.4, -0.2) is 71.1 Å². The third-order valence-corrected chi connectivity index (χ3v) is 7.97. The van der Waals surface area contributed by atoms with E-state index in [0.29, 0.717) is 34.5 Å². The van der Waals surface area contributed by atoms with Crippen molar-refractivity contribution in [3.8, 4) is 17.0 Å². The van der Waals surface area contributed by atoms with Gasteiger partial charge < -0.3 is 20.3 Å². The van der Waals surface area contributed by atoms with Crippen molar-refractivity contribution in [1.29, 1.82) is 0 Å². The van der Waals surface area contributed by atoms with E-state index in [4.69, 9.17) is 4.74 Å². The Morgan fingerprint density at radius 3 is 2.65 bits per heavy atom. The van der Waals surface area contributed by atoms with Crippen LogP contribution in [0.5, 0.6) is 5.88 Å². The molecule has 2 unspecified atom stereocenters. The average molecular weight is 547 g/mol. The Balaban J connectivity index is 1.31. The number of H-pyrrole nitrogens is 1. The molecule has 212 valence electrons. The molecule has 3 amide bonds. The number of carbonyl (C=O) groups excluding carboxylic acids is 3. The quantitative estimate of drug-likeness (QED) is 0.353. The largest absolute Gasteiger partial charge is 0.480 e. The molecular weight excluding hydrogens is 508 g/mol. The molecule has 0 bridgehead atoms. The van der Waals surface area contributed by atoms with E-state index in [0.717, 1.165) is 49.9 Å².